The Bertz CT molecular complexity index is 2200. The molecule has 0 atom stereocenters. The highest BCUT2D eigenvalue weighted by molar-refractivity contribution is 6.24. The van der Waals surface area contributed by atoms with Gasteiger partial charge in [0.1, 0.15) is 5.82 Å². The van der Waals surface area contributed by atoms with Gasteiger partial charge in [-0.3, -0.25) is 15.0 Å². The van der Waals surface area contributed by atoms with Crippen molar-refractivity contribution in [3.05, 3.63) is 84.7 Å². The minimum atomic E-state index is 0.319. The zero-order chi connectivity index (χ0) is 27.1. The largest absolute Gasteiger partial charge is 0.341 e. The quantitative estimate of drug-likeness (QED) is 0.237. The average Bonchev–Trinajstić information content (AvgIpc) is 3.64. The second-order valence-electron chi connectivity index (χ2n) is 11.6. The number of imidazole rings is 1. The van der Waals surface area contributed by atoms with Crippen LogP contribution in [0.5, 0.6) is 0 Å². The van der Waals surface area contributed by atoms with Gasteiger partial charge in [-0.1, -0.05) is 52.0 Å². The van der Waals surface area contributed by atoms with E-state index in [-0.39, 0.29) is 0 Å². The van der Waals surface area contributed by atoms with Crippen LogP contribution >= 0.6 is 0 Å². The molecule has 0 radical (unpaired) electrons. The summed E-state index contributed by atoms with van der Waals surface area (Å²) in [5.74, 6) is 1.75. The van der Waals surface area contributed by atoms with Crippen molar-refractivity contribution in [1.82, 2.24) is 19.9 Å². The summed E-state index contributed by atoms with van der Waals surface area (Å²) in [6, 6.07) is 18.0. The molecule has 40 heavy (non-hydrogen) atoms. The third-order valence-electron chi connectivity index (χ3n) is 8.53. The molecule has 4 heterocycles. The summed E-state index contributed by atoms with van der Waals surface area (Å²) in [6.07, 6.45) is 8.59. The number of aromatic nitrogens is 4. The van der Waals surface area contributed by atoms with Crippen LogP contribution in [0, 0.1) is 5.92 Å². The van der Waals surface area contributed by atoms with Gasteiger partial charge in [0.05, 0.1) is 16.7 Å². The summed E-state index contributed by atoms with van der Waals surface area (Å²) >= 11 is 0. The van der Waals surface area contributed by atoms with Crippen molar-refractivity contribution in [2.75, 3.05) is 0 Å². The first-order valence-corrected chi connectivity index (χ1v) is 14.1. The van der Waals surface area contributed by atoms with Gasteiger partial charge in [0.15, 0.2) is 0 Å². The highest BCUT2D eigenvalue weighted by Gasteiger charge is 2.23. The van der Waals surface area contributed by atoms with Crippen molar-refractivity contribution in [3.63, 3.8) is 0 Å². The van der Waals surface area contributed by atoms with Crippen LogP contribution in [-0.4, -0.2) is 25.6 Å². The van der Waals surface area contributed by atoms with Crippen LogP contribution in [-0.2, 0) is 6.42 Å². The van der Waals surface area contributed by atoms with E-state index in [0.717, 1.165) is 39.7 Å². The molecule has 0 spiro atoms. The van der Waals surface area contributed by atoms with E-state index in [1.54, 1.807) is 0 Å². The van der Waals surface area contributed by atoms with Gasteiger partial charge in [0.2, 0.25) is 0 Å². The molecule has 5 nitrogen and oxygen atoms in total. The molecule has 0 saturated carbocycles. The third-order valence-corrected chi connectivity index (χ3v) is 8.53. The molecule has 3 aromatic heterocycles. The first-order chi connectivity index (χ1) is 19.5. The van der Waals surface area contributed by atoms with E-state index >= 15 is 0 Å². The molecule has 7 aromatic rings. The zero-order valence-electron chi connectivity index (χ0n) is 23.1. The number of nitrogens with one attached hydrogen (secondary N) is 1. The molecule has 0 bridgehead atoms. The Labute approximate surface area is 232 Å². The predicted octanol–water partition coefficient (Wildman–Crippen LogP) is 9.04. The first-order valence-electron chi connectivity index (χ1n) is 14.1. The third kappa shape index (κ3) is 3.27. The normalized spacial score (nSPS) is 13.5. The molecule has 0 amide bonds. The van der Waals surface area contributed by atoms with Gasteiger partial charge in [-0.05, 0) is 73.8 Å². The minimum absolute atomic E-state index is 0.319. The van der Waals surface area contributed by atoms with Gasteiger partial charge >= 0.3 is 0 Å². The van der Waals surface area contributed by atoms with Crippen LogP contribution in [0.1, 0.15) is 45.0 Å². The van der Waals surface area contributed by atoms with Crippen molar-refractivity contribution in [1.29, 1.82) is 0 Å². The summed E-state index contributed by atoms with van der Waals surface area (Å²) in [5, 5.41) is 9.54. The maximum Gasteiger partial charge on any atom is 0.109 e. The van der Waals surface area contributed by atoms with Crippen molar-refractivity contribution >= 4 is 65.5 Å². The van der Waals surface area contributed by atoms with Crippen molar-refractivity contribution in [2.45, 2.75) is 40.0 Å². The van der Waals surface area contributed by atoms with Crippen LogP contribution in [0.4, 0.5) is 5.69 Å². The number of benzene rings is 4. The summed E-state index contributed by atoms with van der Waals surface area (Å²) in [5.41, 5.74) is 8.14. The van der Waals surface area contributed by atoms with E-state index in [2.05, 4.69) is 91.2 Å². The number of aromatic amines is 1. The predicted molar refractivity (Wildman–Crippen MR) is 167 cm³/mol. The monoisotopic (exact) mass is 519 g/mol. The topological polar surface area (TPSA) is 66.8 Å². The van der Waals surface area contributed by atoms with Crippen molar-refractivity contribution in [3.8, 4) is 11.1 Å². The summed E-state index contributed by atoms with van der Waals surface area (Å²) in [4.78, 5) is 22.6. The molecule has 194 valence electrons. The van der Waals surface area contributed by atoms with Crippen molar-refractivity contribution in [2.24, 2.45) is 10.9 Å². The molecule has 1 aliphatic heterocycles. The second-order valence-corrected chi connectivity index (χ2v) is 11.6. The molecular weight excluding hydrogens is 490 g/mol. The fourth-order valence-corrected chi connectivity index (χ4v) is 6.36. The van der Waals surface area contributed by atoms with Gasteiger partial charge in [-0.2, -0.15) is 0 Å². The Hall–Kier alpha value is -4.64. The fourth-order valence-electron chi connectivity index (χ4n) is 6.36. The Morgan fingerprint density at radius 1 is 0.650 bits per heavy atom. The Morgan fingerprint density at radius 3 is 2.00 bits per heavy atom. The molecule has 0 saturated heterocycles. The summed E-state index contributed by atoms with van der Waals surface area (Å²) in [7, 11) is 0. The number of fused-ring (bicyclic) bond motifs is 12. The van der Waals surface area contributed by atoms with Gasteiger partial charge < -0.3 is 4.98 Å². The number of rotatable bonds is 3. The lowest BCUT2D eigenvalue weighted by Gasteiger charge is -2.13. The molecule has 0 fully saturated rings. The van der Waals surface area contributed by atoms with Gasteiger partial charge in [0.25, 0.3) is 0 Å². The van der Waals surface area contributed by atoms with Crippen LogP contribution in [0.3, 0.4) is 0 Å². The number of nitrogens with zero attached hydrogens (tertiary/aromatic N) is 4. The molecule has 4 aromatic carbocycles. The van der Waals surface area contributed by atoms with E-state index in [0.29, 0.717) is 11.8 Å². The number of pyridine rings is 2. The number of hydrogen-bond acceptors (Lipinski definition) is 4. The molecule has 0 aliphatic carbocycles. The average molecular weight is 520 g/mol. The maximum absolute atomic E-state index is 5.07. The highest BCUT2D eigenvalue weighted by Crippen LogP contribution is 2.44. The van der Waals surface area contributed by atoms with Crippen LogP contribution in [0.2, 0.25) is 0 Å². The number of aliphatic imine (C=N–C) groups is 1. The second kappa shape index (κ2) is 8.43. The van der Waals surface area contributed by atoms with Crippen molar-refractivity contribution < 1.29 is 0 Å². The lowest BCUT2D eigenvalue weighted by Crippen LogP contribution is -2.06. The first kappa shape index (κ1) is 23.3. The summed E-state index contributed by atoms with van der Waals surface area (Å²) in [6.45, 7) is 8.80. The SMILES string of the molecule is CC(C)C1=Nc2c(c3ccc(-c4ccc5c(c4)c4ccncc4c4nc(C(C)C)[nH]c54)cc3c3ccncc23)C1. The maximum atomic E-state index is 5.07. The molecular formula is C35H29N5. The molecule has 1 aliphatic rings. The van der Waals surface area contributed by atoms with E-state index in [1.165, 1.54) is 54.7 Å². The van der Waals surface area contributed by atoms with E-state index in [4.69, 9.17) is 9.98 Å². The smallest absolute Gasteiger partial charge is 0.109 e. The van der Waals surface area contributed by atoms with Gasteiger partial charge in [-0.15, -0.1) is 0 Å². The Kier molecular flexibility index (Phi) is 4.90. The van der Waals surface area contributed by atoms with Gasteiger partial charge in [0, 0.05) is 59.0 Å². The minimum Gasteiger partial charge on any atom is -0.341 e. The van der Waals surface area contributed by atoms with E-state index in [9.17, 15) is 0 Å². The Balaban J connectivity index is 1.37. The van der Waals surface area contributed by atoms with E-state index < -0.39 is 0 Å². The number of H-pyrrole nitrogens is 1. The molecule has 0 unspecified atom stereocenters. The lowest BCUT2D eigenvalue weighted by atomic mass is 9.91. The molecule has 1 N–H and O–H groups in total. The molecule has 8 rings (SSSR count). The Morgan fingerprint density at radius 2 is 1.30 bits per heavy atom. The standard InChI is InChI=1S/C35H29N5/c1-18(2)31-15-28-22-7-5-20(13-26(22)23-9-11-36-16-29(23)32(28)38-31)21-6-8-25-27(14-21)24-10-12-37-17-30(24)34-33(25)39-35(40-34)19(3)4/h5-14,16-19H,15H2,1-4H3,(H,39,40). The highest BCUT2D eigenvalue weighted by atomic mass is 14.9. The zero-order valence-corrected chi connectivity index (χ0v) is 23.1. The van der Waals surface area contributed by atoms with Gasteiger partial charge in [-0.25, -0.2) is 4.98 Å². The lowest BCUT2D eigenvalue weighted by molar-refractivity contribution is 0.799. The van der Waals surface area contributed by atoms with Crippen LogP contribution < -0.4 is 0 Å². The summed E-state index contributed by atoms with van der Waals surface area (Å²) < 4.78 is 0. The van der Waals surface area contributed by atoms with E-state index in [1.807, 2.05) is 24.8 Å². The fraction of sp³-hybridized carbons (Fsp3) is 0.200. The van der Waals surface area contributed by atoms with Crippen LogP contribution in [0.15, 0.2) is 78.3 Å². The molecule has 5 heteroatoms. The number of hydrogen-bond donors (Lipinski definition) is 1. The van der Waals surface area contributed by atoms with Crippen LogP contribution in [0.25, 0.3) is 65.3 Å².